The minimum absolute atomic E-state index is 0.143. The molecule has 2 N–H and O–H groups in total. The van der Waals surface area contributed by atoms with Crippen molar-refractivity contribution < 1.29 is 0 Å². The summed E-state index contributed by atoms with van der Waals surface area (Å²) >= 11 is 0. The summed E-state index contributed by atoms with van der Waals surface area (Å²) in [5.74, 6) is 0.796. The second-order valence-corrected chi connectivity index (χ2v) is 4.45. The maximum atomic E-state index is 5.87. The van der Waals surface area contributed by atoms with E-state index in [1.807, 2.05) is 6.92 Å². The maximum absolute atomic E-state index is 5.87. The molecule has 0 saturated carbocycles. The van der Waals surface area contributed by atoms with Gasteiger partial charge in [0.25, 0.3) is 0 Å². The van der Waals surface area contributed by atoms with Gasteiger partial charge in [-0.3, -0.25) is 0 Å². The van der Waals surface area contributed by atoms with Gasteiger partial charge < -0.3 is 10.3 Å². The molecule has 80 valence electrons. The third kappa shape index (κ3) is 3.18. The van der Waals surface area contributed by atoms with Gasteiger partial charge in [-0.05, 0) is 37.8 Å². The molecule has 0 spiro atoms. The Hall–Kier alpha value is -0.760. The first-order chi connectivity index (χ1) is 6.61. The number of aryl methyl sites for hydroxylation is 1. The van der Waals surface area contributed by atoms with E-state index in [-0.39, 0.29) is 6.04 Å². The molecule has 1 atom stereocenters. The highest BCUT2D eigenvalue weighted by Crippen LogP contribution is 2.13. The molecule has 0 aliphatic rings. The Morgan fingerprint density at radius 1 is 1.36 bits per heavy atom. The highest BCUT2D eigenvalue weighted by molar-refractivity contribution is 5.10. The van der Waals surface area contributed by atoms with Crippen LogP contribution in [0, 0.1) is 5.92 Å². The lowest BCUT2D eigenvalue weighted by Gasteiger charge is -2.12. The van der Waals surface area contributed by atoms with Crippen molar-refractivity contribution >= 4 is 0 Å². The summed E-state index contributed by atoms with van der Waals surface area (Å²) in [5, 5.41) is 0. The zero-order valence-electron chi connectivity index (χ0n) is 9.53. The first-order valence-corrected chi connectivity index (χ1v) is 5.52. The lowest BCUT2D eigenvalue weighted by Crippen LogP contribution is -2.12. The smallest absolute Gasteiger partial charge is 0.0421 e. The van der Waals surface area contributed by atoms with Crippen LogP contribution in [0.3, 0.4) is 0 Å². The number of aromatic nitrogens is 1. The molecule has 1 rings (SSSR count). The fourth-order valence-electron chi connectivity index (χ4n) is 1.71. The molecule has 0 aromatic carbocycles. The monoisotopic (exact) mass is 194 g/mol. The van der Waals surface area contributed by atoms with E-state index in [1.165, 1.54) is 18.5 Å². The molecule has 0 saturated heterocycles. The number of nitrogens with two attached hydrogens (primary N) is 1. The van der Waals surface area contributed by atoms with Crippen LogP contribution in [0.5, 0.6) is 0 Å². The second-order valence-electron chi connectivity index (χ2n) is 4.45. The fraction of sp³-hybridized carbons (Fsp3) is 0.667. The van der Waals surface area contributed by atoms with Gasteiger partial charge >= 0.3 is 0 Å². The van der Waals surface area contributed by atoms with Crippen LogP contribution in [-0.4, -0.2) is 4.57 Å². The van der Waals surface area contributed by atoms with Gasteiger partial charge in [-0.25, -0.2) is 0 Å². The standard InChI is InChI=1S/C12H22N2/c1-10(2)6-4-8-14-9-5-7-12(14)11(3)13/h5,7,9-11H,4,6,8,13H2,1-3H3. The van der Waals surface area contributed by atoms with E-state index >= 15 is 0 Å². The van der Waals surface area contributed by atoms with Gasteiger partial charge in [0, 0.05) is 24.5 Å². The summed E-state index contributed by atoms with van der Waals surface area (Å²) in [6.07, 6.45) is 4.65. The largest absolute Gasteiger partial charge is 0.350 e. The number of hydrogen-bond donors (Lipinski definition) is 1. The zero-order chi connectivity index (χ0) is 10.6. The minimum Gasteiger partial charge on any atom is -0.350 e. The highest BCUT2D eigenvalue weighted by Gasteiger charge is 2.04. The number of nitrogens with zero attached hydrogens (tertiary/aromatic N) is 1. The topological polar surface area (TPSA) is 30.9 Å². The average molecular weight is 194 g/mol. The molecule has 0 amide bonds. The van der Waals surface area contributed by atoms with E-state index in [2.05, 4.69) is 36.7 Å². The van der Waals surface area contributed by atoms with Crippen molar-refractivity contribution in [1.82, 2.24) is 4.57 Å². The van der Waals surface area contributed by atoms with Crippen molar-refractivity contribution in [2.45, 2.75) is 46.2 Å². The fourth-order valence-corrected chi connectivity index (χ4v) is 1.71. The van der Waals surface area contributed by atoms with Gasteiger partial charge in [0.15, 0.2) is 0 Å². The molecule has 0 bridgehead atoms. The molecular weight excluding hydrogens is 172 g/mol. The lowest BCUT2D eigenvalue weighted by molar-refractivity contribution is 0.500. The Bertz CT molecular complexity index is 261. The van der Waals surface area contributed by atoms with Gasteiger partial charge in [0.05, 0.1) is 0 Å². The van der Waals surface area contributed by atoms with Crippen molar-refractivity contribution in [2.24, 2.45) is 11.7 Å². The van der Waals surface area contributed by atoms with E-state index in [9.17, 15) is 0 Å². The predicted octanol–water partition coefficient (Wildman–Crippen LogP) is 2.94. The van der Waals surface area contributed by atoms with Crippen LogP contribution in [0.15, 0.2) is 18.3 Å². The van der Waals surface area contributed by atoms with E-state index in [0.717, 1.165) is 12.5 Å². The van der Waals surface area contributed by atoms with Crippen LogP contribution in [0.1, 0.15) is 45.3 Å². The van der Waals surface area contributed by atoms with Gasteiger partial charge in [-0.2, -0.15) is 0 Å². The summed E-state index contributed by atoms with van der Waals surface area (Å²) in [6.45, 7) is 7.67. The average Bonchev–Trinajstić information content (AvgIpc) is 2.51. The van der Waals surface area contributed by atoms with Crippen molar-refractivity contribution in [3.05, 3.63) is 24.0 Å². The minimum atomic E-state index is 0.143. The summed E-state index contributed by atoms with van der Waals surface area (Å²) in [5.41, 5.74) is 7.11. The SMILES string of the molecule is CC(C)CCCn1cccc1C(C)N. The highest BCUT2D eigenvalue weighted by atomic mass is 15.0. The van der Waals surface area contributed by atoms with E-state index in [1.54, 1.807) is 0 Å². The molecule has 0 fully saturated rings. The molecule has 1 aromatic heterocycles. The van der Waals surface area contributed by atoms with Crippen molar-refractivity contribution in [2.75, 3.05) is 0 Å². The van der Waals surface area contributed by atoms with E-state index in [0.29, 0.717) is 0 Å². The van der Waals surface area contributed by atoms with Crippen LogP contribution in [0.2, 0.25) is 0 Å². The van der Waals surface area contributed by atoms with Crippen molar-refractivity contribution in [3.63, 3.8) is 0 Å². The van der Waals surface area contributed by atoms with Gasteiger partial charge in [0.2, 0.25) is 0 Å². The van der Waals surface area contributed by atoms with E-state index < -0.39 is 0 Å². The molecule has 1 aromatic rings. The normalized spacial score (nSPS) is 13.5. The first-order valence-electron chi connectivity index (χ1n) is 5.52. The Kier molecular flexibility index (Phi) is 4.21. The molecule has 1 unspecified atom stereocenters. The number of hydrogen-bond acceptors (Lipinski definition) is 1. The predicted molar refractivity (Wildman–Crippen MR) is 61.1 cm³/mol. The van der Waals surface area contributed by atoms with Crippen LogP contribution >= 0.6 is 0 Å². The third-order valence-corrected chi connectivity index (χ3v) is 2.51. The van der Waals surface area contributed by atoms with Crippen LogP contribution < -0.4 is 5.73 Å². The zero-order valence-corrected chi connectivity index (χ0v) is 9.53. The summed E-state index contributed by atoms with van der Waals surface area (Å²) < 4.78 is 2.27. The van der Waals surface area contributed by atoms with Crippen LogP contribution in [-0.2, 0) is 6.54 Å². The summed E-state index contributed by atoms with van der Waals surface area (Å²) in [4.78, 5) is 0. The Labute approximate surface area is 87.1 Å². The maximum Gasteiger partial charge on any atom is 0.0421 e. The van der Waals surface area contributed by atoms with Crippen LogP contribution in [0.4, 0.5) is 0 Å². The van der Waals surface area contributed by atoms with Crippen molar-refractivity contribution in [3.8, 4) is 0 Å². The van der Waals surface area contributed by atoms with Gasteiger partial charge in [-0.15, -0.1) is 0 Å². The Morgan fingerprint density at radius 3 is 2.64 bits per heavy atom. The molecule has 2 heteroatoms. The molecule has 14 heavy (non-hydrogen) atoms. The second kappa shape index (κ2) is 5.20. The van der Waals surface area contributed by atoms with E-state index in [4.69, 9.17) is 5.73 Å². The van der Waals surface area contributed by atoms with Gasteiger partial charge in [0.1, 0.15) is 0 Å². The molecule has 0 aliphatic carbocycles. The summed E-state index contributed by atoms with van der Waals surface area (Å²) in [6, 6.07) is 4.33. The first kappa shape index (κ1) is 11.3. The Balaban J connectivity index is 2.46. The number of rotatable bonds is 5. The van der Waals surface area contributed by atoms with Crippen molar-refractivity contribution in [1.29, 1.82) is 0 Å². The summed E-state index contributed by atoms with van der Waals surface area (Å²) in [7, 11) is 0. The van der Waals surface area contributed by atoms with Crippen LogP contribution in [0.25, 0.3) is 0 Å². The lowest BCUT2D eigenvalue weighted by atomic mass is 10.1. The molecular formula is C12H22N2. The Morgan fingerprint density at radius 2 is 2.07 bits per heavy atom. The third-order valence-electron chi connectivity index (χ3n) is 2.51. The molecule has 2 nitrogen and oxygen atoms in total. The van der Waals surface area contributed by atoms with Gasteiger partial charge in [-0.1, -0.05) is 13.8 Å². The molecule has 1 heterocycles. The molecule has 0 radical (unpaired) electrons. The molecule has 0 aliphatic heterocycles. The quantitative estimate of drug-likeness (QED) is 0.767.